The number of hydrogen-bond donors (Lipinski definition) is 3. The molecule has 0 aliphatic heterocycles. The Morgan fingerprint density at radius 3 is 2.22 bits per heavy atom. The number of benzene rings is 2. The fourth-order valence-electron chi connectivity index (χ4n) is 4.58. The van der Waals surface area contributed by atoms with E-state index in [1.807, 2.05) is 13.8 Å². The van der Waals surface area contributed by atoms with Crippen molar-refractivity contribution in [2.24, 2.45) is 11.8 Å². The van der Waals surface area contributed by atoms with Gasteiger partial charge in [-0.25, -0.2) is 23.2 Å². The first-order valence-corrected chi connectivity index (χ1v) is 13.2. The van der Waals surface area contributed by atoms with Gasteiger partial charge >= 0.3 is 24.1 Å². The number of urea groups is 1. The van der Waals surface area contributed by atoms with E-state index in [9.17, 15) is 31.9 Å². The van der Waals surface area contributed by atoms with Crippen molar-refractivity contribution in [3.8, 4) is 5.75 Å². The first-order valence-electron chi connectivity index (χ1n) is 12.8. The Morgan fingerprint density at radius 1 is 0.951 bits per heavy atom. The second-order valence-electron chi connectivity index (χ2n) is 9.89. The van der Waals surface area contributed by atoms with E-state index in [1.54, 1.807) is 0 Å². The maximum absolute atomic E-state index is 15.0. The third-order valence-corrected chi connectivity index (χ3v) is 6.72. The van der Waals surface area contributed by atoms with Gasteiger partial charge in [0.15, 0.2) is 18.2 Å². The number of halogens is 6. The minimum atomic E-state index is -5.41. The molecule has 0 bridgehead atoms. The molecule has 41 heavy (non-hydrogen) atoms. The first kappa shape index (κ1) is 31.9. The lowest BCUT2D eigenvalue weighted by atomic mass is 9.79. The van der Waals surface area contributed by atoms with E-state index in [0.29, 0.717) is 0 Å². The van der Waals surface area contributed by atoms with Crippen LogP contribution in [0.3, 0.4) is 0 Å². The van der Waals surface area contributed by atoms with Crippen molar-refractivity contribution in [1.82, 2.24) is 0 Å². The monoisotopic (exact) mass is 605 g/mol. The van der Waals surface area contributed by atoms with Crippen LogP contribution in [0.25, 0.3) is 0 Å². The van der Waals surface area contributed by atoms with Gasteiger partial charge in [0.25, 0.3) is 0 Å². The summed E-state index contributed by atoms with van der Waals surface area (Å²) in [5.41, 5.74) is -0.0746. The molecule has 1 fully saturated rings. The van der Waals surface area contributed by atoms with Gasteiger partial charge in [0.2, 0.25) is 0 Å². The van der Waals surface area contributed by atoms with E-state index in [1.165, 1.54) is 12.1 Å². The maximum atomic E-state index is 15.0. The molecule has 1 aliphatic rings. The average molecular weight is 606 g/mol. The zero-order valence-corrected chi connectivity index (χ0v) is 22.9. The normalized spacial score (nSPS) is 14.8. The smallest absolute Gasteiger partial charge is 0.479 e. The number of rotatable bonds is 9. The third kappa shape index (κ3) is 9.20. The van der Waals surface area contributed by atoms with E-state index in [0.717, 1.165) is 50.3 Å². The van der Waals surface area contributed by atoms with E-state index < -0.39 is 48.1 Å². The van der Waals surface area contributed by atoms with Gasteiger partial charge in [-0.15, -0.1) is 0 Å². The molecule has 3 N–H and O–H groups in total. The van der Waals surface area contributed by atoms with Gasteiger partial charge in [0, 0.05) is 23.2 Å². The van der Waals surface area contributed by atoms with Gasteiger partial charge in [-0.3, -0.25) is 0 Å². The van der Waals surface area contributed by atoms with Crippen molar-refractivity contribution >= 4 is 46.6 Å². The van der Waals surface area contributed by atoms with Crippen LogP contribution >= 0.6 is 11.6 Å². The number of nitrogens with one attached hydrogen (secondary N) is 3. The molecule has 0 spiro atoms. The van der Waals surface area contributed by atoms with Crippen molar-refractivity contribution in [1.29, 1.82) is 0 Å². The maximum Gasteiger partial charge on any atom is 0.491 e. The predicted octanol–water partition coefficient (Wildman–Crippen LogP) is 7.29. The Labute approximate surface area is 237 Å². The number of ether oxygens (including phenoxy) is 2. The molecule has 14 heteroatoms. The Bertz CT molecular complexity index is 1270. The Kier molecular flexibility index (Phi) is 10.8. The van der Waals surface area contributed by atoms with E-state index >= 15 is 4.39 Å². The molecule has 0 heterocycles. The number of esters is 2. The van der Waals surface area contributed by atoms with E-state index in [4.69, 9.17) is 16.3 Å². The molecule has 0 saturated heterocycles. The highest BCUT2D eigenvalue weighted by atomic mass is 35.5. The molecular formula is C27H29ClF5N3O5. The molecule has 0 radical (unpaired) electrons. The fourth-order valence-corrected chi connectivity index (χ4v) is 4.74. The summed E-state index contributed by atoms with van der Waals surface area (Å²) in [5.74, 6) is -6.52. The summed E-state index contributed by atoms with van der Waals surface area (Å²) in [7, 11) is 0. The number of carbonyl (C=O) groups is 3. The molecule has 1 unspecified atom stereocenters. The summed E-state index contributed by atoms with van der Waals surface area (Å²) in [6, 6.07) is 4.57. The van der Waals surface area contributed by atoms with Crippen LogP contribution in [0.4, 0.5) is 43.8 Å². The number of hydrogen-bond acceptors (Lipinski definition) is 6. The third-order valence-electron chi connectivity index (χ3n) is 6.48. The summed E-state index contributed by atoms with van der Waals surface area (Å²) in [6.45, 7) is 2.76. The van der Waals surface area contributed by atoms with Crippen LogP contribution in [0.5, 0.6) is 5.75 Å². The molecular weight excluding hydrogens is 577 g/mol. The van der Waals surface area contributed by atoms with Gasteiger partial charge in [-0.05, 0) is 42.9 Å². The number of alkyl halides is 3. The predicted molar refractivity (Wildman–Crippen MR) is 142 cm³/mol. The fraction of sp³-hybridized carbons (Fsp3) is 0.444. The standard InChI is InChI=1S/C27H29ClF5N3O5/c1-14(2)24(15-6-4-3-5-7-15)34-20-11-18(30)22(40-13-23(37)41-25(38)27(31,32)33)12-21(20)36-26(39)35-19-9-8-16(28)10-17(19)29/h8-12,14-15,24,34H,3-7,13H2,1-2H3,(H2,35,36,39). The van der Waals surface area contributed by atoms with Crippen LogP contribution in [0.1, 0.15) is 46.0 Å². The van der Waals surface area contributed by atoms with Crippen molar-refractivity contribution in [3.05, 3.63) is 47.0 Å². The summed E-state index contributed by atoms with van der Waals surface area (Å²) >= 11 is 5.74. The van der Waals surface area contributed by atoms with Crippen LogP contribution < -0.4 is 20.7 Å². The number of amides is 2. The van der Waals surface area contributed by atoms with Gasteiger partial charge in [0.05, 0.1) is 17.1 Å². The van der Waals surface area contributed by atoms with Gasteiger partial charge in [0.1, 0.15) is 5.82 Å². The molecule has 3 rings (SSSR count). The van der Waals surface area contributed by atoms with Gasteiger partial charge in [-0.2, -0.15) is 13.2 Å². The SMILES string of the molecule is CC(C)C(Nc1cc(F)c(OCC(=O)OC(=O)C(F)(F)F)cc1NC(=O)Nc1ccc(Cl)cc1F)C1CCCCC1. The van der Waals surface area contributed by atoms with Crippen LogP contribution in [-0.2, 0) is 14.3 Å². The highest BCUT2D eigenvalue weighted by Crippen LogP contribution is 2.36. The van der Waals surface area contributed by atoms with E-state index in [2.05, 4.69) is 20.7 Å². The Balaban J connectivity index is 1.86. The van der Waals surface area contributed by atoms with Crippen LogP contribution in [0, 0.1) is 23.5 Å². The zero-order chi connectivity index (χ0) is 30.3. The molecule has 8 nitrogen and oxygen atoms in total. The topological polar surface area (TPSA) is 106 Å². The number of carbonyl (C=O) groups excluding carboxylic acids is 3. The quantitative estimate of drug-likeness (QED) is 0.157. The molecule has 2 aromatic carbocycles. The largest absolute Gasteiger partial charge is 0.491 e. The molecule has 2 aromatic rings. The highest BCUT2D eigenvalue weighted by Gasteiger charge is 2.42. The summed E-state index contributed by atoms with van der Waals surface area (Å²) in [5, 5.41) is 8.18. The lowest BCUT2D eigenvalue weighted by Gasteiger charge is -2.35. The minimum Gasteiger partial charge on any atom is -0.479 e. The first-order chi connectivity index (χ1) is 19.2. The molecule has 1 aliphatic carbocycles. The summed E-state index contributed by atoms with van der Waals surface area (Å²) in [6.07, 6.45) is -0.289. The van der Waals surface area contributed by atoms with E-state index in [-0.39, 0.29) is 40.0 Å². The molecule has 224 valence electrons. The second kappa shape index (κ2) is 13.8. The minimum absolute atomic E-state index is 0.0329. The molecule has 1 saturated carbocycles. The van der Waals surface area contributed by atoms with Gasteiger partial charge < -0.3 is 25.4 Å². The molecule has 0 aromatic heterocycles. The number of anilines is 3. The van der Waals surface area contributed by atoms with Crippen molar-refractivity contribution in [2.45, 2.75) is 58.2 Å². The van der Waals surface area contributed by atoms with Crippen LogP contribution in [0.15, 0.2) is 30.3 Å². The van der Waals surface area contributed by atoms with Crippen molar-refractivity contribution in [2.75, 3.05) is 22.6 Å². The summed E-state index contributed by atoms with van der Waals surface area (Å²) in [4.78, 5) is 35.3. The second-order valence-corrected chi connectivity index (χ2v) is 10.3. The van der Waals surface area contributed by atoms with Crippen molar-refractivity contribution < 1.29 is 45.8 Å². The lowest BCUT2D eigenvalue weighted by molar-refractivity contribution is -0.202. The molecule has 2 amide bonds. The van der Waals surface area contributed by atoms with Crippen LogP contribution in [-0.4, -0.2) is 36.8 Å². The highest BCUT2D eigenvalue weighted by molar-refractivity contribution is 6.30. The lowest BCUT2D eigenvalue weighted by Crippen LogP contribution is -2.35. The Morgan fingerprint density at radius 2 is 1.61 bits per heavy atom. The van der Waals surface area contributed by atoms with Gasteiger partial charge in [-0.1, -0.05) is 44.7 Å². The summed E-state index contributed by atoms with van der Waals surface area (Å²) < 4.78 is 74.9. The van der Waals surface area contributed by atoms with Crippen LogP contribution in [0.2, 0.25) is 5.02 Å². The Hall–Kier alpha value is -3.61. The average Bonchev–Trinajstić information content (AvgIpc) is 2.89. The van der Waals surface area contributed by atoms with Crippen molar-refractivity contribution in [3.63, 3.8) is 0 Å². The zero-order valence-electron chi connectivity index (χ0n) is 22.2. The molecule has 1 atom stereocenters.